The lowest BCUT2D eigenvalue weighted by Gasteiger charge is -2.41. The Morgan fingerprint density at radius 3 is 2.06 bits per heavy atom. The van der Waals surface area contributed by atoms with E-state index >= 15 is 0 Å². The molecule has 0 bridgehead atoms. The fourth-order valence-electron chi connectivity index (χ4n) is 6.24. The lowest BCUT2D eigenvalue weighted by Crippen LogP contribution is -2.39. The van der Waals surface area contributed by atoms with Gasteiger partial charge in [-0.05, 0) is 78.8 Å². The lowest BCUT2D eigenvalue weighted by atomic mass is 9.81. The Kier molecular flexibility index (Phi) is 8.41. The van der Waals surface area contributed by atoms with Crippen LogP contribution in [-0.2, 0) is 12.0 Å². The van der Waals surface area contributed by atoms with Crippen molar-refractivity contribution in [2.45, 2.75) is 111 Å². The summed E-state index contributed by atoms with van der Waals surface area (Å²) in [6.07, 6.45) is 7.91. The van der Waals surface area contributed by atoms with E-state index in [1.165, 1.54) is 76.6 Å². The molecule has 3 aromatic rings. The van der Waals surface area contributed by atoms with Crippen LogP contribution in [0.4, 0.5) is 0 Å². The summed E-state index contributed by atoms with van der Waals surface area (Å²) in [7, 11) is 0. The molecular formula is C35H47N. The molecule has 0 aromatic heterocycles. The van der Waals surface area contributed by atoms with Crippen molar-refractivity contribution in [1.29, 1.82) is 0 Å². The predicted octanol–water partition coefficient (Wildman–Crippen LogP) is 9.86. The van der Waals surface area contributed by atoms with E-state index in [1.807, 2.05) is 0 Å². The summed E-state index contributed by atoms with van der Waals surface area (Å²) in [5.74, 6) is 0. The van der Waals surface area contributed by atoms with Gasteiger partial charge < -0.3 is 0 Å². The molecule has 0 heterocycles. The number of nitrogens with zero attached hydrogens (tertiary/aromatic N) is 1. The minimum Gasteiger partial charge on any atom is -0.289 e. The molecule has 1 heteroatoms. The molecule has 1 nitrogen and oxygen atoms in total. The third kappa shape index (κ3) is 6.12. The predicted molar refractivity (Wildman–Crippen MR) is 157 cm³/mol. The van der Waals surface area contributed by atoms with Gasteiger partial charge in [0.25, 0.3) is 0 Å². The molecule has 36 heavy (non-hydrogen) atoms. The summed E-state index contributed by atoms with van der Waals surface area (Å²) in [6, 6.07) is 24.4. The highest BCUT2D eigenvalue weighted by atomic mass is 15.2. The van der Waals surface area contributed by atoms with Crippen LogP contribution in [0, 0.1) is 20.8 Å². The van der Waals surface area contributed by atoms with Crippen molar-refractivity contribution in [3.8, 4) is 11.1 Å². The van der Waals surface area contributed by atoms with Crippen LogP contribution in [0.1, 0.15) is 106 Å². The topological polar surface area (TPSA) is 3.24 Å². The van der Waals surface area contributed by atoms with Gasteiger partial charge in [-0.3, -0.25) is 4.90 Å². The second kappa shape index (κ2) is 11.3. The summed E-state index contributed by atoms with van der Waals surface area (Å²) in [6.45, 7) is 17.2. The number of rotatable bonds is 7. The van der Waals surface area contributed by atoms with Gasteiger partial charge in [-0.1, -0.05) is 119 Å². The molecule has 0 radical (unpaired) electrons. The maximum Gasteiger partial charge on any atom is 0.0351 e. The molecule has 3 aromatic carbocycles. The standard InChI is InChI=1S/C35H47N/c1-8-34(28-15-11-9-12-16-28)36(32-17-13-10-14-18-32)24-30-22-31(35(5,6)7)23-33(27(30)4)29-20-25(2)19-26(3)21-29/h9,11-12,15-16,19-23,32,34H,8,10,13-14,17-18,24H2,1-7H3. The van der Waals surface area contributed by atoms with Gasteiger partial charge in [-0.15, -0.1) is 0 Å². The van der Waals surface area contributed by atoms with Gasteiger partial charge in [0.15, 0.2) is 0 Å². The number of aryl methyl sites for hydroxylation is 2. The second-order valence-electron chi connectivity index (χ2n) is 12.2. The Morgan fingerprint density at radius 1 is 0.833 bits per heavy atom. The van der Waals surface area contributed by atoms with Crippen LogP contribution in [0.3, 0.4) is 0 Å². The first kappa shape index (κ1) is 26.7. The van der Waals surface area contributed by atoms with E-state index < -0.39 is 0 Å². The zero-order valence-electron chi connectivity index (χ0n) is 23.8. The van der Waals surface area contributed by atoms with Crippen LogP contribution in [0.15, 0.2) is 60.7 Å². The molecule has 1 atom stereocenters. The summed E-state index contributed by atoms with van der Waals surface area (Å²) in [5.41, 5.74) is 11.4. The zero-order chi connectivity index (χ0) is 25.9. The Labute approximate surface area is 221 Å². The normalized spacial score (nSPS) is 15.9. The molecule has 1 unspecified atom stereocenters. The maximum absolute atomic E-state index is 2.87. The molecule has 192 valence electrons. The fraction of sp³-hybridized carbons (Fsp3) is 0.486. The van der Waals surface area contributed by atoms with Gasteiger partial charge in [0.2, 0.25) is 0 Å². The summed E-state index contributed by atoms with van der Waals surface area (Å²) >= 11 is 0. The molecule has 0 aliphatic heterocycles. The van der Waals surface area contributed by atoms with Crippen LogP contribution in [0.25, 0.3) is 11.1 Å². The van der Waals surface area contributed by atoms with E-state index in [2.05, 4.69) is 114 Å². The number of hydrogen-bond donors (Lipinski definition) is 0. The first-order valence-corrected chi connectivity index (χ1v) is 14.2. The van der Waals surface area contributed by atoms with Gasteiger partial charge >= 0.3 is 0 Å². The van der Waals surface area contributed by atoms with E-state index in [4.69, 9.17) is 0 Å². The SMILES string of the molecule is CCC(c1ccccc1)N(Cc1cc(C(C)(C)C)cc(-c2cc(C)cc(C)c2)c1C)C1CCCCC1. The van der Waals surface area contributed by atoms with E-state index in [0.717, 1.165) is 13.0 Å². The quantitative estimate of drug-likeness (QED) is 0.324. The van der Waals surface area contributed by atoms with Crippen molar-refractivity contribution in [3.05, 3.63) is 94.0 Å². The van der Waals surface area contributed by atoms with Gasteiger partial charge in [-0.25, -0.2) is 0 Å². The molecule has 1 saturated carbocycles. The minimum atomic E-state index is 0.106. The smallest absolute Gasteiger partial charge is 0.0351 e. The van der Waals surface area contributed by atoms with Gasteiger partial charge in [0, 0.05) is 18.6 Å². The molecule has 1 aliphatic carbocycles. The van der Waals surface area contributed by atoms with Crippen LogP contribution in [-0.4, -0.2) is 10.9 Å². The van der Waals surface area contributed by atoms with Gasteiger partial charge in [0.1, 0.15) is 0 Å². The highest BCUT2D eigenvalue weighted by Gasteiger charge is 2.29. The van der Waals surface area contributed by atoms with Crippen molar-refractivity contribution < 1.29 is 0 Å². The Hall–Kier alpha value is -2.38. The first-order valence-electron chi connectivity index (χ1n) is 14.2. The zero-order valence-corrected chi connectivity index (χ0v) is 23.8. The van der Waals surface area contributed by atoms with Gasteiger partial charge in [0.05, 0.1) is 0 Å². The van der Waals surface area contributed by atoms with Crippen molar-refractivity contribution >= 4 is 0 Å². The van der Waals surface area contributed by atoms with Gasteiger partial charge in [-0.2, -0.15) is 0 Å². The average Bonchev–Trinajstić information content (AvgIpc) is 2.85. The Bertz CT molecular complexity index is 1120. The largest absolute Gasteiger partial charge is 0.289 e. The van der Waals surface area contributed by atoms with E-state index in [0.29, 0.717) is 12.1 Å². The van der Waals surface area contributed by atoms with Crippen molar-refractivity contribution in [2.24, 2.45) is 0 Å². The van der Waals surface area contributed by atoms with Crippen LogP contribution < -0.4 is 0 Å². The Morgan fingerprint density at radius 2 is 1.47 bits per heavy atom. The van der Waals surface area contributed by atoms with Crippen LogP contribution >= 0.6 is 0 Å². The second-order valence-corrected chi connectivity index (χ2v) is 12.2. The van der Waals surface area contributed by atoms with E-state index in [9.17, 15) is 0 Å². The number of benzene rings is 3. The highest BCUT2D eigenvalue weighted by molar-refractivity contribution is 5.71. The summed E-state index contributed by atoms with van der Waals surface area (Å²) in [4.78, 5) is 2.87. The molecule has 0 spiro atoms. The molecule has 0 saturated heterocycles. The summed E-state index contributed by atoms with van der Waals surface area (Å²) < 4.78 is 0. The van der Waals surface area contributed by atoms with E-state index in [1.54, 1.807) is 0 Å². The third-order valence-electron chi connectivity index (χ3n) is 8.28. The van der Waals surface area contributed by atoms with Crippen molar-refractivity contribution in [3.63, 3.8) is 0 Å². The van der Waals surface area contributed by atoms with Crippen LogP contribution in [0.5, 0.6) is 0 Å². The lowest BCUT2D eigenvalue weighted by molar-refractivity contribution is 0.0916. The number of hydrogen-bond acceptors (Lipinski definition) is 1. The molecule has 1 aliphatic rings. The summed E-state index contributed by atoms with van der Waals surface area (Å²) in [5, 5.41) is 0. The fourth-order valence-corrected chi connectivity index (χ4v) is 6.24. The highest BCUT2D eigenvalue weighted by Crippen LogP contribution is 2.38. The average molecular weight is 482 g/mol. The Balaban J connectivity index is 1.83. The molecule has 4 rings (SSSR count). The minimum absolute atomic E-state index is 0.106. The molecule has 1 fully saturated rings. The maximum atomic E-state index is 2.87. The first-order chi connectivity index (χ1) is 17.2. The monoisotopic (exact) mass is 481 g/mol. The van der Waals surface area contributed by atoms with Crippen LogP contribution in [0.2, 0.25) is 0 Å². The molecular weight excluding hydrogens is 434 g/mol. The van der Waals surface area contributed by atoms with Crippen molar-refractivity contribution in [2.75, 3.05) is 0 Å². The molecule has 0 N–H and O–H groups in total. The third-order valence-corrected chi connectivity index (χ3v) is 8.28. The van der Waals surface area contributed by atoms with E-state index in [-0.39, 0.29) is 5.41 Å². The van der Waals surface area contributed by atoms with Crippen molar-refractivity contribution in [1.82, 2.24) is 4.90 Å². The molecule has 0 amide bonds.